The summed E-state index contributed by atoms with van der Waals surface area (Å²) in [6.07, 6.45) is -1.94. The first-order chi connectivity index (χ1) is 18.2. The average Bonchev–Trinajstić information content (AvgIpc) is 3.25. The van der Waals surface area contributed by atoms with Crippen LogP contribution in [-0.4, -0.2) is 49.5 Å². The van der Waals surface area contributed by atoms with Gasteiger partial charge in [0.15, 0.2) is 0 Å². The predicted octanol–water partition coefficient (Wildman–Crippen LogP) is 5.82. The van der Waals surface area contributed by atoms with Crippen molar-refractivity contribution in [2.24, 2.45) is 5.92 Å². The van der Waals surface area contributed by atoms with Crippen molar-refractivity contribution in [1.82, 2.24) is 4.90 Å². The molecule has 2 aromatic rings. The number of halogens is 5. The summed E-state index contributed by atoms with van der Waals surface area (Å²) < 4.78 is 92.5. The van der Waals surface area contributed by atoms with Crippen LogP contribution in [0.1, 0.15) is 61.3 Å². The van der Waals surface area contributed by atoms with Crippen LogP contribution in [0.25, 0.3) is 0 Å². The Bertz CT molecular complexity index is 1340. The topological polar surface area (TPSA) is 54.5 Å². The Kier molecular flexibility index (Phi) is 7.09. The zero-order valence-corrected chi connectivity index (χ0v) is 22.6. The number of sulfone groups is 1. The first-order valence-electron chi connectivity index (χ1n) is 13.4. The number of likely N-dealkylation sites (tertiary alicyclic amines) is 1. The molecule has 5 rings (SSSR count). The average molecular weight is 570 g/mol. The number of benzene rings is 2. The van der Waals surface area contributed by atoms with Crippen molar-refractivity contribution in [3.8, 4) is 0 Å². The molecular formula is C29H32F5NO3S. The maximum absolute atomic E-state index is 14.8. The molecule has 0 N–H and O–H groups in total. The van der Waals surface area contributed by atoms with Gasteiger partial charge in [-0.25, -0.2) is 17.2 Å². The highest BCUT2D eigenvalue weighted by molar-refractivity contribution is 7.91. The quantitative estimate of drug-likeness (QED) is 0.427. The van der Waals surface area contributed by atoms with Gasteiger partial charge < -0.3 is 4.90 Å². The van der Waals surface area contributed by atoms with Gasteiger partial charge in [0.25, 0.3) is 0 Å². The maximum Gasteiger partial charge on any atom is 0.426 e. The van der Waals surface area contributed by atoms with E-state index in [2.05, 4.69) is 0 Å². The Hall–Kier alpha value is -2.49. The number of nitrogens with zero attached hydrogens (tertiary/aromatic N) is 1. The molecule has 212 valence electrons. The highest BCUT2D eigenvalue weighted by Crippen LogP contribution is 2.51. The van der Waals surface area contributed by atoms with Crippen LogP contribution in [0.3, 0.4) is 0 Å². The standard InChI is InChI=1S/C29H32F5NO3S/c1-27(31,29(32,33)34)22-5-8-24-21(17-22)4-9-25-28(24,18-20-2-6-23(30)7-3-20)12-13-35(25)26(36)16-19-10-14-39(37,38)15-11-19/h2-3,5-8,17,19,25H,4,9-16,18H2,1H3/t25-,27?,28-/m1/s1. The monoisotopic (exact) mass is 569 g/mol. The maximum atomic E-state index is 14.8. The molecule has 0 radical (unpaired) electrons. The van der Waals surface area contributed by atoms with Gasteiger partial charge in [-0.15, -0.1) is 0 Å². The second-order valence-electron chi connectivity index (χ2n) is 11.5. The minimum absolute atomic E-state index is 0.00356. The summed E-state index contributed by atoms with van der Waals surface area (Å²) in [6, 6.07) is 9.97. The molecule has 2 saturated heterocycles. The fraction of sp³-hybridized carbons (Fsp3) is 0.552. The van der Waals surface area contributed by atoms with Gasteiger partial charge >= 0.3 is 6.18 Å². The Balaban J connectivity index is 1.48. The van der Waals surface area contributed by atoms with E-state index >= 15 is 0 Å². The third-order valence-corrected chi connectivity index (χ3v) is 10.8. The molecule has 2 heterocycles. The number of rotatable bonds is 5. The zero-order chi connectivity index (χ0) is 28.2. The molecule has 2 aromatic carbocycles. The van der Waals surface area contributed by atoms with Crippen LogP contribution < -0.4 is 0 Å². The van der Waals surface area contributed by atoms with Crippen LogP contribution in [-0.2, 0) is 38.6 Å². The highest BCUT2D eigenvalue weighted by atomic mass is 32.2. The number of hydrogen-bond acceptors (Lipinski definition) is 3. The van der Waals surface area contributed by atoms with E-state index < -0.39 is 32.7 Å². The molecule has 0 aromatic heterocycles. The van der Waals surface area contributed by atoms with Crippen molar-refractivity contribution in [1.29, 1.82) is 0 Å². The smallest absolute Gasteiger partial charge is 0.339 e. The van der Waals surface area contributed by atoms with Crippen molar-refractivity contribution in [3.05, 3.63) is 70.5 Å². The zero-order valence-electron chi connectivity index (χ0n) is 21.7. The van der Waals surface area contributed by atoms with Crippen molar-refractivity contribution in [3.63, 3.8) is 0 Å². The molecule has 0 spiro atoms. The summed E-state index contributed by atoms with van der Waals surface area (Å²) in [7, 11) is -3.04. The molecule has 1 unspecified atom stereocenters. The molecule has 10 heteroatoms. The van der Waals surface area contributed by atoms with Crippen molar-refractivity contribution < 1.29 is 35.2 Å². The fourth-order valence-electron chi connectivity index (χ4n) is 6.79. The molecular weight excluding hydrogens is 537 g/mol. The third-order valence-electron chi connectivity index (χ3n) is 9.11. The lowest BCUT2D eigenvalue weighted by atomic mass is 9.63. The van der Waals surface area contributed by atoms with Gasteiger partial charge in [0, 0.05) is 24.4 Å². The normalized spacial score (nSPS) is 26.5. The second-order valence-corrected chi connectivity index (χ2v) is 13.8. The van der Waals surface area contributed by atoms with E-state index in [1.807, 2.05) is 4.90 Å². The molecule has 3 aliphatic rings. The van der Waals surface area contributed by atoms with Crippen molar-refractivity contribution in [2.45, 2.75) is 75.2 Å². The van der Waals surface area contributed by atoms with E-state index in [9.17, 15) is 35.2 Å². The first-order valence-corrected chi connectivity index (χ1v) is 15.2. The number of alkyl halides is 4. The van der Waals surface area contributed by atoms with Crippen LogP contribution in [0.4, 0.5) is 22.0 Å². The lowest BCUT2D eigenvalue weighted by Gasteiger charge is -2.44. The highest BCUT2D eigenvalue weighted by Gasteiger charge is 2.55. The van der Waals surface area contributed by atoms with E-state index in [0.717, 1.165) is 11.1 Å². The summed E-state index contributed by atoms with van der Waals surface area (Å²) in [5.74, 6) is -0.253. The summed E-state index contributed by atoms with van der Waals surface area (Å²) in [6.45, 7) is 0.987. The number of aryl methyl sites for hydroxylation is 1. The van der Waals surface area contributed by atoms with Crippen molar-refractivity contribution >= 4 is 15.7 Å². The van der Waals surface area contributed by atoms with Gasteiger partial charge in [0.05, 0.1) is 11.5 Å². The van der Waals surface area contributed by atoms with E-state index in [1.165, 1.54) is 24.3 Å². The number of carbonyl (C=O) groups excluding carboxylic acids is 1. The van der Waals surface area contributed by atoms with Crippen LogP contribution in [0.2, 0.25) is 0 Å². The Morgan fingerprint density at radius 1 is 1.03 bits per heavy atom. The van der Waals surface area contributed by atoms with Crippen LogP contribution in [0.15, 0.2) is 42.5 Å². The number of amides is 1. The molecule has 0 bridgehead atoms. The lowest BCUT2D eigenvalue weighted by molar-refractivity contribution is -0.228. The Morgan fingerprint density at radius 3 is 2.33 bits per heavy atom. The molecule has 0 saturated carbocycles. The fourth-order valence-corrected chi connectivity index (χ4v) is 8.38. The van der Waals surface area contributed by atoms with Gasteiger partial charge in [-0.05, 0) is 85.8 Å². The van der Waals surface area contributed by atoms with Gasteiger partial charge in [-0.2, -0.15) is 13.2 Å². The first kappa shape index (κ1) is 28.1. The Morgan fingerprint density at radius 2 is 1.69 bits per heavy atom. The summed E-state index contributed by atoms with van der Waals surface area (Å²) in [5, 5.41) is 0. The minimum Gasteiger partial charge on any atom is -0.339 e. The SMILES string of the molecule is CC(F)(c1ccc2c(c1)CC[C@H]1N(C(=O)CC3CCS(=O)(=O)CC3)CC[C@@]21Cc1ccc(F)cc1)C(F)(F)F. The number of carbonyl (C=O) groups is 1. The van der Waals surface area contributed by atoms with Gasteiger partial charge in [0.1, 0.15) is 15.7 Å². The number of fused-ring (bicyclic) bond motifs is 3. The van der Waals surface area contributed by atoms with Crippen LogP contribution >= 0.6 is 0 Å². The third kappa shape index (κ3) is 5.21. The van der Waals surface area contributed by atoms with Crippen molar-refractivity contribution in [2.75, 3.05) is 18.1 Å². The summed E-state index contributed by atoms with van der Waals surface area (Å²) >= 11 is 0. The second kappa shape index (κ2) is 9.85. The lowest BCUT2D eigenvalue weighted by Crippen LogP contribution is -2.49. The minimum atomic E-state index is -5.06. The molecule has 1 amide bonds. The van der Waals surface area contributed by atoms with Gasteiger partial charge in [-0.3, -0.25) is 4.79 Å². The molecule has 2 aliphatic heterocycles. The molecule has 4 nitrogen and oxygen atoms in total. The van der Waals surface area contributed by atoms with E-state index in [1.54, 1.807) is 18.2 Å². The number of hydrogen-bond donors (Lipinski definition) is 0. The van der Waals surface area contributed by atoms with Crippen LogP contribution in [0.5, 0.6) is 0 Å². The van der Waals surface area contributed by atoms with Crippen LogP contribution in [0, 0.1) is 11.7 Å². The predicted molar refractivity (Wildman–Crippen MR) is 137 cm³/mol. The van der Waals surface area contributed by atoms with E-state index in [0.29, 0.717) is 57.6 Å². The summed E-state index contributed by atoms with van der Waals surface area (Å²) in [5.41, 5.74) is -2.25. The summed E-state index contributed by atoms with van der Waals surface area (Å²) in [4.78, 5) is 15.4. The van der Waals surface area contributed by atoms with Gasteiger partial charge in [0.2, 0.25) is 11.6 Å². The van der Waals surface area contributed by atoms with E-state index in [-0.39, 0.29) is 41.6 Å². The molecule has 1 aliphatic carbocycles. The van der Waals surface area contributed by atoms with E-state index in [4.69, 9.17) is 0 Å². The molecule has 39 heavy (non-hydrogen) atoms. The van der Waals surface area contributed by atoms with Gasteiger partial charge in [-0.1, -0.05) is 30.3 Å². The Labute approximate surface area is 225 Å². The molecule has 2 fully saturated rings. The molecule has 3 atom stereocenters. The largest absolute Gasteiger partial charge is 0.426 e.